The van der Waals surface area contributed by atoms with Gasteiger partial charge in [-0.25, -0.2) is 18.0 Å². The van der Waals surface area contributed by atoms with E-state index in [4.69, 9.17) is 29.0 Å². The van der Waals surface area contributed by atoms with E-state index in [1.165, 1.54) is 48.5 Å². The van der Waals surface area contributed by atoms with Gasteiger partial charge in [0.15, 0.2) is 0 Å². The lowest BCUT2D eigenvalue weighted by atomic mass is 10.2. The first-order chi connectivity index (χ1) is 22.7. The van der Waals surface area contributed by atoms with Crippen molar-refractivity contribution in [2.75, 3.05) is 13.2 Å². The molecule has 0 heterocycles. The lowest BCUT2D eigenvalue weighted by molar-refractivity contribution is 0.0132. The van der Waals surface area contributed by atoms with E-state index in [0.29, 0.717) is 10.5 Å². The van der Waals surface area contributed by atoms with Gasteiger partial charge in [-0.1, -0.05) is 30.3 Å². The number of aryl methyl sites for hydroxylation is 1. The third-order valence-electron chi connectivity index (χ3n) is 5.91. The molecule has 0 aliphatic rings. The SMILES string of the molecule is Cc1ccc(S(=O)(=O)Oc2cccc(OCCCO/N=C(\N)N(C(=O)OC(C)(C)C)C(=O)OC(C)(C)C)c2)c(S(=O)(=O)c2ccccc2)c1. The van der Waals surface area contributed by atoms with Crippen LogP contribution in [0.2, 0.25) is 0 Å². The number of imide groups is 1. The average molecular weight is 720 g/mol. The van der Waals surface area contributed by atoms with Gasteiger partial charge in [-0.2, -0.15) is 8.42 Å². The summed E-state index contributed by atoms with van der Waals surface area (Å²) in [6.07, 6.45) is -1.95. The summed E-state index contributed by atoms with van der Waals surface area (Å²) in [6.45, 7) is 11.4. The summed E-state index contributed by atoms with van der Waals surface area (Å²) in [5, 5.41) is 3.64. The third kappa shape index (κ3) is 11.4. The fourth-order valence-corrected chi connectivity index (χ4v) is 6.95. The predicted molar refractivity (Wildman–Crippen MR) is 179 cm³/mol. The van der Waals surface area contributed by atoms with Gasteiger partial charge in [-0.15, -0.1) is 4.90 Å². The Morgan fingerprint density at radius 1 is 0.755 bits per heavy atom. The maximum absolute atomic E-state index is 13.4. The number of sulfone groups is 1. The highest BCUT2D eigenvalue weighted by Crippen LogP contribution is 2.31. The average Bonchev–Trinajstić information content (AvgIpc) is 2.97. The molecule has 49 heavy (non-hydrogen) atoms. The molecule has 14 nitrogen and oxygen atoms in total. The van der Waals surface area contributed by atoms with Crippen molar-refractivity contribution >= 4 is 38.1 Å². The molecule has 0 bridgehead atoms. The quantitative estimate of drug-likeness (QED) is 0.0827. The van der Waals surface area contributed by atoms with Gasteiger partial charge in [0.2, 0.25) is 9.84 Å². The molecular formula is C33H41N3O11S2. The van der Waals surface area contributed by atoms with Crippen LogP contribution in [-0.4, -0.2) is 64.3 Å². The normalized spacial score (nSPS) is 12.5. The Hall–Kier alpha value is -4.83. The van der Waals surface area contributed by atoms with Crippen LogP contribution in [0.1, 0.15) is 53.5 Å². The van der Waals surface area contributed by atoms with Gasteiger partial charge < -0.3 is 29.0 Å². The van der Waals surface area contributed by atoms with E-state index in [1.54, 1.807) is 72.7 Å². The van der Waals surface area contributed by atoms with Crippen molar-refractivity contribution in [1.29, 1.82) is 0 Å². The summed E-state index contributed by atoms with van der Waals surface area (Å²) in [6, 6.07) is 17.2. The number of guanidine groups is 1. The minimum atomic E-state index is -4.60. The maximum Gasteiger partial charge on any atom is 0.427 e. The van der Waals surface area contributed by atoms with E-state index in [0.717, 1.165) is 0 Å². The van der Waals surface area contributed by atoms with Crippen LogP contribution >= 0.6 is 0 Å². The summed E-state index contributed by atoms with van der Waals surface area (Å²) in [5.41, 5.74) is 4.54. The molecule has 3 rings (SSSR count). The zero-order chi connectivity index (χ0) is 36.6. The lowest BCUT2D eigenvalue weighted by Crippen LogP contribution is -2.50. The molecule has 0 aromatic heterocycles. The van der Waals surface area contributed by atoms with Crippen LogP contribution in [0.3, 0.4) is 0 Å². The topological polar surface area (TPSA) is 190 Å². The summed E-state index contributed by atoms with van der Waals surface area (Å²) < 4.78 is 74.9. The van der Waals surface area contributed by atoms with E-state index in [1.807, 2.05) is 0 Å². The smallest absolute Gasteiger partial charge is 0.427 e. The van der Waals surface area contributed by atoms with Gasteiger partial charge in [-0.3, -0.25) is 0 Å². The zero-order valence-electron chi connectivity index (χ0n) is 28.3. The van der Waals surface area contributed by atoms with Crippen molar-refractivity contribution in [2.24, 2.45) is 10.9 Å². The molecule has 2 N–H and O–H groups in total. The highest BCUT2D eigenvalue weighted by molar-refractivity contribution is 7.93. The van der Waals surface area contributed by atoms with Crippen molar-refractivity contribution in [3.05, 3.63) is 78.4 Å². The highest BCUT2D eigenvalue weighted by atomic mass is 32.2. The molecule has 0 spiro atoms. The third-order valence-corrected chi connectivity index (χ3v) is 9.16. The highest BCUT2D eigenvalue weighted by Gasteiger charge is 2.34. The minimum Gasteiger partial charge on any atom is -0.493 e. The summed E-state index contributed by atoms with van der Waals surface area (Å²) in [5.74, 6) is -0.472. The van der Waals surface area contributed by atoms with Gasteiger partial charge in [0, 0.05) is 12.5 Å². The fraction of sp³-hybridized carbons (Fsp3) is 0.364. The fourth-order valence-electron chi connectivity index (χ4n) is 3.89. The number of nitrogens with zero attached hydrogens (tertiary/aromatic N) is 2. The van der Waals surface area contributed by atoms with Gasteiger partial charge >= 0.3 is 22.3 Å². The van der Waals surface area contributed by atoms with Crippen molar-refractivity contribution in [3.63, 3.8) is 0 Å². The van der Waals surface area contributed by atoms with Gasteiger partial charge in [0.05, 0.1) is 16.4 Å². The Labute approximate surface area is 286 Å². The van der Waals surface area contributed by atoms with E-state index >= 15 is 0 Å². The Kier molecular flexibility index (Phi) is 12.3. The lowest BCUT2D eigenvalue weighted by Gasteiger charge is -2.27. The number of carbonyl (C=O) groups excluding carboxylic acids is 2. The summed E-state index contributed by atoms with van der Waals surface area (Å²) >= 11 is 0. The van der Waals surface area contributed by atoms with Crippen LogP contribution in [0, 0.1) is 6.92 Å². The van der Waals surface area contributed by atoms with Crippen LogP contribution in [-0.2, 0) is 34.3 Å². The molecule has 16 heteroatoms. The molecule has 266 valence electrons. The molecule has 0 aliphatic heterocycles. The second-order valence-corrected chi connectivity index (χ2v) is 16.0. The van der Waals surface area contributed by atoms with Crippen molar-refractivity contribution < 1.29 is 49.7 Å². The molecule has 0 fully saturated rings. The van der Waals surface area contributed by atoms with Crippen molar-refractivity contribution in [1.82, 2.24) is 4.90 Å². The Balaban J connectivity index is 1.65. The number of oxime groups is 1. The van der Waals surface area contributed by atoms with E-state index in [2.05, 4.69) is 5.16 Å². The zero-order valence-corrected chi connectivity index (χ0v) is 30.0. The van der Waals surface area contributed by atoms with E-state index in [9.17, 15) is 26.4 Å². The standard InChI is InChI=1S/C33H41N3O11S2/c1-23-17-18-27(28(21-23)48(39,40)26-15-9-8-10-16-26)49(41,42)47-25-14-11-13-24(22-25)43-19-12-20-44-35-29(34)36(30(37)45-32(2,3)4)31(38)46-33(5,6)7/h8-11,13-18,21-22H,12,19-20H2,1-7H3,(H2,34,35). The second-order valence-electron chi connectivity index (χ2n) is 12.6. The molecular weight excluding hydrogens is 679 g/mol. The first kappa shape index (κ1) is 38.6. The van der Waals surface area contributed by atoms with Crippen LogP contribution in [0.15, 0.2) is 92.6 Å². The second kappa shape index (κ2) is 15.6. The number of hydrogen-bond donors (Lipinski definition) is 1. The molecule has 0 unspecified atom stereocenters. The largest absolute Gasteiger partial charge is 0.493 e. The number of rotatable bonds is 11. The molecule has 0 atom stereocenters. The van der Waals surface area contributed by atoms with Crippen molar-refractivity contribution in [2.45, 2.75) is 80.8 Å². The maximum atomic E-state index is 13.4. The molecule has 0 aliphatic carbocycles. The Morgan fingerprint density at radius 2 is 1.35 bits per heavy atom. The van der Waals surface area contributed by atoms with Crippen LogP contribution in [0.25, 0.3) is 0 Å². The van der Waals surface area contributed by atoms with E-state index < -0.39 is 59.1 Å². The van der Waals surface area contributed by atoms with Gasteiger partial charge in [0.25, 0.3) is 5.96 Å². The molecule has 3 aromatic rings. The molecule has 0 radical (unpaired) electrons. The number of ether oxygens (including phenoxy) is 3. The number of nitrogens with two attached hydrogens (primary N) is 1. The Bertz CT molecular complexity index is 1850. The van der Waals surface area contributed by atoms with Crippen LogP contribution in [0.4, 0.5) is 9.59 Å². The summed E-state index contributed by atoms with van der Waals surface area (Å²) in [7, 11) is -8.79. The minimum absolute atomic E-state index is 0.0478. The van der Waals surface area contributed by atoms with E-state index in [-0.39, 0.29) is 36.0 Å². The number of benzene rings is 3. The van der Waals surface area contributed by atoms with Crippen molar-refractivity contribution in [3.8, 4) is 11.5 Å². The van der Waals surface area contributed by atoms with Crippen LogP contribution < -0.4 is 14.7 Å². The first-order valence-corrected chi connectivity index (χ1v) is 17.9. The summed E-state index contributed by atoms with van der Waals surface area (Å²) in [4.78, 5) is 29.9. The predicted octanol–water partition coefficient (Wildman–Crippen LogP) is 5.78. The molecule has 3 aromatic carbocycles. The van der Waals surface area contributed by atoms with Crippen LogP contribution in [0.5, 0.6) is 11.5 Å². The van der Waals surface area contributed by atoms with Gasteiger partial charge in [0.1, 0.15) is 34.2 Å². The Morgan fingerprint density at radius 3 is 1.94 bits per heavy atom. The molecule has 0 saturated carbocycles. The van der Waals surface area contributed by atoms with Gasteiger partial charge in [-0.05, 0) is 95.6 Å². The monoisotopic (exact) mass is 719 g/mol. The number of hydrogen-bond acceptors (Lipinski definition) is 12. The molecule has 0 saturated heterocycles. The molecule has 2 amide bonds. The first-order valence-electron chi connectivity index (χ1n) is 15.0. The number of carbonyl (C=O) groups is 2. The number of amides is 2.